The van der Waals surface area contributed by atoms with E-state index in [0.717, 1.165) is 12.8 Å². The van der Waals surface area contributed by atoms with Gasteiger partial charge < -0.3 is 5.11 Å². The van der Waals surface area contributed by atoms with Crippen LogP contribution in [0.2, 0.25) is 0 Å². The second-order valence-corrected chi connectivity index (χ2v) is 8.52. The fraction of sp³-hybridized carbons (Fsp3) is 0.917. The molecule has 0 radical (unpaired) electrons. The second kappa shape index (κ2) is 5.17. The third kappa shape index (κ3) is 2.85. The lowest BCUT2D eigenvalue weighted by Crippen LogP contribution is -2.54. The summed E-state index contributed by atoms with van der Waals surface area (Å²) >= 11 is 0. The molecule has 1 saturated heterocycles. The molecule has 0 amide bonds. The van der Waals surface area contributed by atoms with Crippen molar-refractivity contribution in [2.75, 3.05) is 6.54 Å². The fourth-order valence-electron chi connectivity index (χ4n) is 2.25. The minimum Gasteiger partial charge on any atom is -0.480 e. The van der Waals surface area contributed by atoms with Crippen LogP contribution in [0.15, 0.2) is 0 Å². The molecule has 1 fully saturated rings. The molecule has 0 spiro atoms. The molecule has 1 rings (SSSR count). The zero-order valence-electron chi connectivity index (χ0n) is 11.5. The number of hydrogen-bond donors (Lipinski definition) is 1. The van der Waals surface area contributed by atoms with Gasteiger partial charge in [-0.15, -0.1) is 0 Å². The number of carbonyl (C=O) groups is 1. The van der Waals surface area contributed by atoms with Crippen molar-refractivity contribution in [3.8, 4) is 0 Å². The van der Waals surface area contributed by atoms with Gasteiger partial charge in [0.15, 0.2) is 0 Å². The largest absolute Gasteiger partial charge is 0.480 e. The van der Waals surface area contributed by atoms with Gasteiger partial charge in [0.05, 0.1) is 4.75 Å². The Bertz CT molecular complexity index is 410. The number of rotatable bonds is 3. The first kappa shape index (κ1) is 15.4. The molecule has 0 saturated carbocycles. The molecule has 6 heteroatoms. The molecular formula is C12H23NO4S. The highest BCUT2D eigenvalue weighted by atomic mass is 32.2. The van der Waals surface area contributed by atoms with E-state index < -0.39 is 26.8 Å². The molecule has 1 heterocycles. The van der Waals surface area contributed by atoms with Crippen molar-refractivity contribution in [2.45, 2.75) is 57.7 Å². The summed E-state index contributed by atoms with van der Waals surface area (Å²) in [6.07, 6.45) is 2.06. The maximum absolute atomic E-state index is 12.4. The van der Waals surface area contributed by atoms with Gasteiger partial charge in [-0.2, -0.15) is 4.31 Å². The van der Waals surface area contributed by atoms with E-state index >= 15 is 0 Å². The number of sulfonamides is 1. The Morgan fingerprint density at radius 3 is 2.33 bits per heavy atom. The number of nitrogens with zero attached hydrogens (tertiary/aromatic N) is 1. The smallest absolute Gasteiger partial charge is 0.322 e. The molecule has 5 nitrogen and oxygen atoms in total. The first-order valence-corrected chi connectivity index (χ1v) is 7.79. The normalized spacial score (nSPS) is 27.1. The summed E-state index contributed by atoms with van der Waals surface area (Å²) in [6.45, 7) is 7.14. The average Bonchev–Trinajstić information content (AvgIpc) is 2.26. The highest BCUT2D eigenvalue weighted by Gasteiger charge is 2.44. The van der Waals surface area contributed by atoms with E-state index in [1.807, 2.05) is 6.92 Å². The number of hydrogen-bond acceptors (Lipinski definition) is 3. The summed E-state index contributed by atoms with van der Waals surface area (Å²) in [6, 6.07) is -0.909. The highest BCUT2D eigenvalue weighted by Crippen LogP contribution is 2.31. The van der Waals surface area contributed by atoms with Gasteiger partial charge in [-0.3, -0.25) is 4.79 Å². The molecular weight excluding hydrogens is 254 g/mol. The van der Waals surface area contributed by atoms with E-state index in [1.54, 1.807) is 20.8 Å². The Balaban J connectivity index is 3.05. The van der Waals surface area contributed by atoms with Gasteiger partial charge in [0, 0.05) is 6.54 Å². The van der Waals surface area contributed by atoms with Gasteiger partial charge in [-0.25, -0.2) is 8.42 Å². The van der Waals surface area contributed by atoms with Crippen molar-refractivity contribution in [2.24, 2.45) is 5.92 Å². The lowest BCUT2D eigenvalue weighted by atomic mass is 9.90. The van der Waals surface area contributed by atoms with Crippen molar-refractivity contribution in [3.05, 3.63) is 0 Å². The Morgan fingerprint density at radius 2 is 1.94 bits per heavy atom. The molecule has 18 heavy (non-hydrogen) atoms. The Labute approximate surface area is 109 Å². The molecule has 2 unspecified atom stereocenters. The molecule has 1 aliphatic heterocycles. The van der Waals surface area contributed by atoms with E-state index in [1.165, 1.54) is 4.31 Å². The summed E-state index contributed by atoms with van der Waals surface area (Å²) in [7, 11) is -3.57. The summed E-state index contributed by atoms with van der Waals surface area (Å²) in [4.78, 5) is 11.3. The molecule has 1 N–H and O–H groups in total. The minimum atomic E-state index is -3.57. The van der Waals surface area contributed by atoms with Crippen LogP contribution in [-0.2, 0) is 14.8 Å². The lowest BCUT2D eigenvalue weighted by molar-refractivity contribution is -0.143. The van der Waals surface area contributed by atoms with Crippen LogP contribution < -0.4 is 0 Å². The SMILES string of the molecule is CCC1CCN(S(=O)(=O)C(C)(C)C)C(C(=O)O)C1. The van der Waals surface area contributed by atoms with Gasteiger partial charge in [0.1, 0.15) is 6.04 Å². The fourth-order valence-corrected chi connectivity index (χ4v) is 3.81. The van der Waals surface area contributed by atoms with Gasteiger partial charge in [0.2, 0.25) is 10.0 Å². The van der Waals surface area contributed by atoms with E-state index in [-0.39, 0.29) is 0 Å². The van der Waals surface area contributed by atoms with Crippen molar-refractivity contribution in [1.29, 1.82) is 0 Å². The van der Waals surface area contributed by atoms with Crippen LogP contribution in [0.25, 0.3) is 0 Å². The zero-order chi connectivity index (χ0) is 14.1. The predicted molar refractivity (Wildman–Crippen MR) is 69.8 cm³/mol. The second-order valence-electron chi connectivity index (χ2n) is 5.88. The Kier molecular flexibility index (Phi) is 4.43. The quantitative estimate of drug-likeness (QED) is 0.852. The number of piperidine rings is 1. The summed E-state index contributed by atoms with van der Waals surface area (Å²) in [5, 5.41) is 9.24. The molecule has 106 valence electrons. The number of carboxylic acids is 1. The lowest BCUT2D eigenvalue weighted by Gasteiger charge is -2.39. The summed E-state index contributed by atoms with van der Waals surface area (Å²) in [5.41, 5.74) is 0. The van der Waals surface area contributed by atoms with Crippen LogP contribution in [0.3, 0.4) is 0 Å². The number of carboxylic acid groups (broad SMARTS) is 1. The van der Waals surface area contributed by atoms with E-state index in [2.05, 4.69) is 0 Å². The van der Waals surface area contributed by atoms with Crippen molar-refractivity contribution >= 4 is 16.0 Å². The monoisotopic (exact) mass is 277 g/mol. The van der Waals surface area contributed by atoms with Gasteiger partial charge >= 0.3 is 5.97 Å². The van der Waals surface area contributed by atoms with Crippen LogP contribution in [-0.4, -0.2) is 41.1 Å². The van der Waals surface area contributed by atoms with E-state index in [0.29, 0.717) is 18.9 Å². The number of aliphatic carboxylic acids is 1. The first-order valence-electron chi connectivity index (χ1n) is 6.35. The third-order valence-corrected chi connectivity index (χ3v) is 6.21. The molecule has 0 aromatic carbocycles. The zero-order valence-corrected chi connectivity index (χ0v) is 12.3. The van der Waals surface area contributed by atoms with Crippen LogP contribution >= 0.6 is 0 Å². The van der Waals surface area contributed by atoms with Crippen molar-refractivity contribution in [1.82, 2.24) is 4.31 Å². The van der Waals surface area contributed by atoms with Gasteiger partial charge in [-0.1, -0.05) is 13.3 Å². The molecule has 0 aromatic heterocycles. The minimum absolute atomic E-state index is 0.303. The van der Waals surface area contributed by atoms with Crippen LogP contribution in [0.1, 0.15) is 47.0 Å². The van der Waals surface area contributed by atoms with Gasteiger partial charge in [0.25, 0.3) is 0 Å². The summed E-state index contributed by atoms with van der Waals surface area (Å²) < 4.78 is 25.0. The van der Waals surface area contributed by atoms with Crippen molar-refractivity contribution in [3.63, 3.8) is 0 Å². The Morgan fingerprint density at radius 1 is 1.39 bits per heavy atom. The maximum atomic E-state index is 12.4. The maximum Gasteiger partial charge on any atom is 0.322 e. The first-order chi connectivity index (χ1) is 8.11. The van der Waals surface area contributed by atoms with Crippen LogP contribution in [0.5, 0.6) is 0 Å². The predicted octanol–water partition coefficient (Wildman–Crippen LogP) is 1.69. The standard InChI is InChI=1S/C12H23NO4S/c1-5-9-6-7-13(10(8-9)11(14)15)18(16,17)12(2,3)4/h9-10H,5-8H2,1-4H3,(H,14,15). The summed E-state index contributed by atoms with van der Waals surface area (Å²) in [5.74, 6) is -0.738. The molecule has 0 aliphatic carbocycles. The van der Waals surface area contributed by atoms with Gasteiger partial charge in [-0.05, 0) is 39.5 Å². The topological polar surface area (TPSA) is 74.7 Å². The van der Waals surface area contributed by atoms with Crippen LogP contribution in [0, 0.1) is 5.92 Å². The molecule has 0 aromatic rings. The molecule has 2 atom stereocenters. The molecule has 1 aliphatic rings. The third-order valence-electron chi connectivity index (χ3n) is 3.61. The highest BCUT2D eigenvalue weighted by molar-refractivity contribution is 7.90. The molecule has 0 bridgehead atoms. The van der Waals surface area contributed by atoms with Crippen molar-refractivity contribution < 1.29 is 18.3 Å². The van der Waals surface area contributed by atoms with E-state index in [4.69, 9.17) is 0 Å². The van der Waals surface area contributed by atoms with E-state index in [9.17, 15) is 18.3 Å². The average molecular weight is 277 g/mol. The Hall–Kier alpha value is -0.620. The van der Waals surface area contributed by atoms with Crippen LogP contribution in [0.4, 0.5) is 0 Å².